The molecule has 3 aliphatic rings. The molecule has 2 N–H and O–H groups in total. The second-order valence-corrected chi connectivity index (χ2v) is 6.98. The van der Waals surface area contributed by atoms with Crippen molar-refractivity contribution < 1.29 is 29.3 Å². The Morgan fingerprint density at radius 3 is 2.74 bits per heavy atom. The van der Waals surface area contributed by atoms with Crippen LogP contribution in [0.1, 0.15) is 27.2 Å². The first-order valence-electron chi connectivity index (χ1n) is 7.80. The Kier molecular flexibility index (Phi) is 3.65. The molecule has 0 aromatic carbocycles. The number of carbonyl (C=O) groups is 2. The lowest BCUT2D eigenvalue weighted by atomic mass is 9.75. The molecule has 1 aliphatic heterocycles. The van der Waals surface area contributed by atoms with Crippen molar-refractivity contribution in [2.75, 3.05) is 0 Å². The van der Waals surface area contributed by atoms with Gasteiger partial charge in [0.15, 0.2) is 6.10 Å². The molecule has 2 fully saturated rings. The van der Waals surface area contributed by atoms with Crippen LogP contribution in [0.4, 0.5) is 0 Å². The van der Waals surface area contributed by atoms with E-state index in [4.69, 9.17) is 9.47 Å². The highest BCUT2D eigenvalue weighted by molar-refractivity contribution is 5.91. The van der Waals surface area contributed by atoms with Crippen molar-refractivity contribution in [1.29, 1.82) is 0 Å². The number of aliphatic hydroxyl groups excluding tert-OH is 1. The Morgan fingerprint density at radius 1 is 1.48 bits per heavy atom. The standard InChI is InChI=1S/C17H22O6/c1-7-5-6-10-11(7)14-12(8(2)16(20)23-14)13(19)15(17(10,4)21)22-9(3)18/h5,10-15,19,21H,2,6H2,1,3-4H3/t10-,11+,12-,13-,14-,15-,17+/m1/s1. The van der Waals surface area contributed by atoms with Crippen LogP contribution in [0.15, 0.2) is 23.8 Å². The lowest BCUT2D eigenvalue weighted by Gasteiger charge is -2.39. The monoisotopic (exact) mass is 322 g/mol. The molecule has 1 heterocycles. The molecule has 7 atom stereocenters. The average molecular weight is 322 g/mol. The molecular weight excluding hydrogens is 300 g/mol. The van der Waals surface area contributed by atoms with Crippen molar-refractivity contribution >= 4 is 11.9 Å². The second kappa shape index (κ2) is 5.18. The van der Waals surface area contributed by atoms with Crippen LogP contribution in [0.2, 0.25) is 0 Å². The maximum atomic E-state index is 12.0. The SMILES string of the molecule is C=C1C(=O)O[C@H]2[C@H]1[C@@H](O)[C@@H](OC(C)=O)[C@@](C)(O)[C@@H]1CC=C(C)[C@H]21. The van der Waals surface area contributed by atoms with Gasteiger partial charge in [-0.2, -0.15) is 0 Å². The fourth-order valence-corrected chi connectivity index (χ4v) is 4.42. The molecule has 23 heavy (non-hydrogen) atoms. The largest absolute Gasteiger partial charge is 0.458 e. The molecule has 1 saturated heterocycles. The minimum atomic E-state index is -1.44. The molecule has 0 radical (unpaired) electrons. The predicted molar refractivity (Wildman–Crippen MR) is 80.0 cm³/mol. The summed E-state index contributed by atoms with van der Waals surface area (Å²) in [4.78, 5) is 23.4. The number of aliphatic hydroxyl groups is 2. The normalized spacial score (nSPS) is 45.7. The van der Waals surface area contributed by atoms with Crippen LogP contribution in [0, 0.1) is 17.8 Å². The van der Waals surface area contributed by atoms with Crippen LogP contribution in [-0.4, -0.2) is 46.1 Å². The molecule has 0 bridgehead atoms. The van der Waals surface area contributed by atoms with E-state index in [-0.39, 0.29) is 17.4 Å². The number of allylic oxidation sites excluding steroid dienone is 1. The van der Waals surface area contributed by atoms with E-state index in [1.54, 1.807) is 6.92 Å². The Labute approximate surface area is 134 Å². The summed E-state index contributed by atoms with van der Waals surface area (Å²) in [5.41, 5.74) is -0.277. The Bertz CT molecular complexity index is 604. The number of ether oxygens (including phenoxy) is 2. The van der Waals surface area contributed by atoms with Gasteiger partial charge >= 0.3 is 11.9 Å². The maximum Gasteiger partial charge on any atom is 0.334 e. The quantitative estimate of drug-likeness (QED) is 0.420. The van der Waals surface area contributed by atoms with Crippen molar-refractivity contribution in [2.45, 2.75) is 51.1 Å². The van der Waals surface area contributed by atoms with Crippen molar-refractivity contribution in [1.82, 2.24) is 0 Å². The summed E-state index contributed by atoms with van der Waals surface area (Å²) in [7, 11) is 0. The van der Waals surface area contributed by atoms with E-state index in [1.165, 1.54) is 6.92 Å². The molecule has 0 unspecified atom stereocenters. The van der Waals surface area contributed by atoms with Crippen molar-refractivity contribution in [3.63, 3.8) is 0 Å². The van der Waals surface area contributed by atoms with Gasteiger partial charge in [-0.1, -0.05) is 18.2 Å². The molecule has 3 rings (SSSR count). The first-order chi connectivity index (χ1) is 10.7. The number of carbonyl (C=O) groups excluding carboxylic acids is 2. The Balaban J connectivity index is 2.11. The average Bonchev–Trinajstić information content (AvgIpc) is 2.95. The molecule has 126 valence electrons. The first-order valence-corrected chi connectivity index (χ1v) is 7.80. The Hall–Kier alpha value is -1.66. The van der Waals surface area contributed by atoms with Crippen LogP contribution < -0.4 is 0 Å². The van der Waals surface area contributed by atoms with E-state index in [9.17, 15) is 19.8 Å². The molecular formula is C17H22O6. The summed E-state index contributed by atoms with van der Waals surface area (Å²) < 4.78 is 10.7. The van der Waals surface area contributed by atoms with Crippen LogP contribution in [0.3, 0.4) is 0 Å². The number of hydrogen-bond donors (Lipinski definition) is 2. The van der Waals surface area contributed by atoms with E-state index in [2.05, 4.69) is 6.58 Å². The van der Waals surface area contributed by atoms with E-state index in [0.29, 0.717) is 6.42 Å². The van der Waals surface area contributed by atoms with Crippen LogP contribution in [0.25, 0.3) is 0 Å². The third kappa shape index (κ3) is 2.23. The topological polar surface area (TPSA) is 93.1 Å². The lowest BCUT2D eigenvalue weighted by Crippen LogP contribution is -2.54. The van der Waals surface area contributed by atoms with Gasteiger partial charge in [-0.15, -0.1) is 0 Å². The van der Waals surface area contributed by atoms with Gasteiger partial charge in [-0.25, -0.2) is 4.79 Å². The molecule has 0 spiro atoms. The zero-order valence-corrected chi connectivity index (χ0v) is 13.5. The lowest BCUT2D eigenvalue weighted by molar-refractivity contribution is -0.186. The minimum absolute atomic E-state index is 0.163. The molecule has 1 saturated carbocycles. The van der Waals surface area contributed by atoms with Gasteiger partial charge in [0.2, 0.25) is 0 Å². The number of hydrogen-bond acceptors (Lipinski definition) is 6. The zero-order valence-electron chi connectivity index (χ0n) is 13.5. The van der Waals surface area contributed by atoms with Gasteiger partial charge < -0.3 is 19.7 Å². The predicted octanol–water partition coefficient (Wildman–Crippen LogP) is 0.724. The van der Waals surface area contributed by atoms with Gasteiger partial charge in [0.05, 0.1) is 5.92 Å². The molecule has 0 amide bonds. The molecule has 2 aliphatic carbocycles. The van der Waals surface area contributed by atoms with Gasteiger partial charge in [-0.3, -0.25) is 4.79 Å². The van der Waals surface area contributed by atoms with Gasteiger partial charge in [0.25, 0.3) is 0 Å². The number of esters is 2. The summed E-state index contributed by atoms with van der Waals surface area (Å²) in [6.07, 6.45) is -0.426. The van der Waals surface area contributed by atoms with Crippen LogP contribution >= 0.6 is 0 Å². The number of rotatable bonds is 1. The molecule has 0 aromatic rings. The van der Waals surface area contributed by atoms with Crippen molar-refractivity contribution in [3.8, 4) is 0 Å². The van der Waals surface area contributed by atoms with Crippen LogP contribution in [0.5, 0.6) is 0 Å². The highest BCUT2D eigenvalue weighted by atomic mass is 16.6. The third-order valence-electron chi connectivity index (χ3n) is 5.57. The highest BCUT2D eigenvalue weighted by Gasteiger charge is 2.62. The van der Waals surface area contributed by atoms with Gasteiger partial charge in [0, 0.05) is 24.3 Å². The summed E-state index contributed by atoms with van der Waals surface area (Å²) >= 11 is 0. The fraction of sp³-hybridized carbons (Fsp3) is 0.647. The summed E-state index contributed by atoms with van der Waals surface area (Å²) in [6, 6.07) is 0. The third-order valence-corrected chi connectivity index (χ3v) is 5.57. The van der Waals surface area contributed by atoms with E-state index < -0.39 is 41.8 Å². The van der Waals surface area contributed by atoms with E-state index in [1.807, 2.05) is 13.0 Å². The summed E-state index contributed by atoms with van der Waals surface area (Å²) in [5.74, 6) is -2.37. The second-order valence-electron chi connectivity index (χ2n) is 6.98. The smallest absolute Gasteiger partial charge is 0.334 e. The van der Waals surface area contributed by atoms with E-state index >= 15 is 0 Å². The van der Waals surface area contributed by atoms with Crippen molar-refractivity contribution in [3.05, 3.63) is 23.8 Å². The number of fused-ring (bicyclic) bond motifs is 3. The fourth-order valence-electron chi connectivity index (χ4n) is 4.42. The van der Waals surface area contributed by atoms with Gasteiger partial charge in [0.1, 0.15) is 17.8 Å². The summed E-state index contributed by atoms with van der Waals surface area (Å²) in [6.45, 7) is 8.46. The molecule has 0 aromatic heterocycles. The van der Waals surface area contributed by atoms with Crippen molar-refractivity contribution in [2.24, 2.45) is 17.8 Å². The van der Waals surface area contributed by atoms with Crippen LogP contribution in [-0.2, 0) is 19.1 Å². The minimum Gasteiger partial charge on any atom is -0.458 e. The zero-order chi connectivity index (χ0) is 17.1. The first kappa shape index (κ1) is 16.2. The van der Waals surface area contributed by atoms with Gasteiger partial charge in [-0.05, 0) is 20.3 Å². The van der Waals surface area contributed by atoms with E-state index in [0.717, 1.165) is 5.57 Å². The Morgan fingerprint density at radius 2 is 2.13 bits per heavy atom. The molecule has 6 heteroatoms. The maximum absolute atomic E-state index is 12.0. The molecule has 6 nitrogen and oxygen atoms in total. The highest BCUT2D eigenvalue weighted by Crippen LogP contribution is 2.52. The summed E-state index contributed by atoms with van der Waals surface area (Å²) in [5, 5.41) is 21.9.